The Bertz CT molecular complexity index is 1250. The lowest BCUT2D eigenvalue weighted by atomic mass is 10.1. The monoisotopic (exact) mass is 478 g/mol. The molecular weight excluding hydrogens is 460 g/mol. The largest absolute Gasteiger partial charge is 0.481 e. The highest BCUT2D eigenvalue weighted by atomic mass is 35.5. The highest BCUT2D eigenvalue weighted by molar-refractivity contribution is 7.17. The Morgan fingerprint density at radius 3 is 2.66 bits per heavy atom. The zero-order valence-corrected chi connectivity index (χ0v) is 18.3. The topological polar surface area (TPSA) is 161 Å². The van der Waals surface area contributed by atoms with Crippen LogP contribution in [0.1, 0.15) is 33.9 Å². The fraction of sp³-hybridized carbons (Fsp3) is 0.250. The zero-order valence-electron chi connectivity index (χ0n) is 16.8. The highest BCUT2D eigenvalue weighted by Gasteiger charge is 2.22. The van der Waals surface area contributed by atoms with Crippen LogP contribution in [0.3, 0.4) is 0 Å². The molecule has 1 atom stereocenters. The normalized spacial score (nSPS) is 11.8. The Hall–Kier alpha value is -3.44. The van der Waals surface area contributed by atoms with Crippen LogP contribution in [0.4, 0.5) is 5.00 Å². The van der Waals surface area contributed by atoms with Gasteiger partial charge >= 0.3 is 11.9 Å². The van der Waals surface area contributed by atoms with E-state index in [4.69, 9.17) is 16.7 Å². The molecule has 32 heavy (non-hydrogen) atoms. The summed E-state index contributed by atoms with van der Waals surface area (Å²) < 4.78 is 0. The number of carboxylic acid groups (broad SMARTS) is 2. The van der Waals surface area contributed by atoms with Gasteiger partial charge in [0, 0.05) is 13.0 Å². The molecule has 1 aromatic carbocycles. The van der Waals surface area contributed by atoms with Gasteiger partial charge in [0.2, 0.25) is 0 Å². The molecule has 0 saturated heterocycles. The van der Waals surface area contributed by atoms with Crippen molar-refractivity contribution >= 4 is 56.7 Å². The van der Waals surface area contributed by atoms with E-state index in [2.05, 4.69) is 20.6 Å². The second-order valence-corrected chi connectivity index (χ2v) is 8.36. The number of nitrogens with one attached hydrogen (secondary N) is 3. The Morgan fingerprint density at radius 2 is 1.97 bits per heavy atom. The number of carboxylic acids is 2. The van der Waals surface area contributed by atoms with E-state index in [0.717, 1.165) is 11.3 Å². The molecule has 0 aliphatic carbocycles. The number of benzene rings is 1. The number of carbonyl (C=O) groups excluding carboxylic acids is 1. The lowest BCUT2D eigenvalue weighted by Crippen LogP contribution is -2.40. The van der Waals surface area contributed by atoms with Crippen LogP contribution >= 0.6 is 22.9 Å². The Labute approximate surface area is 190 Å². The van der Waals surface area contributed by atoms with Gasteiger partial charge in [-0.2, -0.15) is 0 Å². The maximum Gasteiger partial charge on any atom is 0.326 e. The Balaban J connectivity index is 1.68. The number of halogens is 1. The number of nitrogens with zero attached hydrogens (tertiary/aromatic N) is 1. The molecule has 10 nitrogen and oxygen atoms in total. The van der Waals surface area contributed by atoms with Crippen LogP contribution in [0, 0.1) is 6.92 Å². The minimum Gasteiger partial charge on any atom is -0.481 e. The summed E-state index contributed by atoms with van der Waals surface area (Å²) in [6.07, 6.45) is -0.597. The van der Waals surface area contributed by atoms with E-state index >= 15 is 0 Å². The first-order chi connectivity index (χ1) is 15.2. The molecule has 0 radical (unpaired) electrons. The number of aliphatic carboxylic acids is 2. The van der Waals surface area contributed by atoms with Crippen LogP contribution in [0.15, 0.2) is 29.1 Å². The SMILES string of the molecule is Cc1nc2ccc(CNc3ccc(C(=O)N[C@@H](CCC(=O)O)C(=O)O)s3)c(Cl)c2c(=O)[nH]1. The molecule has 0 unspecified atom stereocenters. The number of fused-ring (bicyclic) bond motifs is 1. The van der Waals surface area contributed by atoms with E-state index in [1.807, 2.05) is 0 Å². The van der Waals surface area contributed by atoms with Crippen molar-refractivity contribution in [3.05, 3.63) is 55.9 Å². The first-order valence-corrected chi connectivity index (χ1v) is 10.6. The van der Waals surface area contributed by atoms with Gasteiger partial charge in [-0.25, -0.2) is 9.78 Å². The maximum absolute atomic E-state index is 12.4. The third-order valence-corrected chi connectivity index (χ3v) is 6.02. The number of thiophene rings is 1. The van der Waals surface area contributed by atoms with Crippen LogP contribution in [0.5, 0.6) is 0 Å². The van der Waals surface area contributed by atoms with E-state index in [9.17, 15) is 24.3 Å². The molecule has 3 aromatic rings. The second-order valence-electron chi connectivity index (χ2n) is 6.90. The summed E-state index contributed by atoms with van der Waals surface area (Å²) >= 11 is 7.50. The molecule has 5 N–H and O–H groups in total. The van der Waals surface area contributed by atoms with Crippen LogP contribution < -0.4 is 16.2 Å². The number of rotatable bonds is 9. The fourth-order valence-electron chi connectivity index (χ4n) is 2.98. The van der Waals surface area contributed by atoms with Gasteiger partial charge in [0.25, 0.3) is 11.5 Å². The van der Waals surface area contributed by atoms with Gasteiger partial charge in [0.1, 0.15) is 11.9 Å². The maximum atomic E-state index is 12.4. The standard InChI is InChI=1S/C20H19ClN4O6S/c1-9-23-11-3-2-10(17(21)16(11)19(29)24-9)8-22-14-6-5-13(32-14)18(28)25-12(20(30)31)4-7-15(26)27/h2-3,5-6,12,22H,4,7-8H2,1H3,(H,25,28)(H,26,27)(H,30,31)(H,23,24,29)/t12-/m0/s1. The lowest BCUT2D eigenvalue weighted by Gasteiger charge is -2.12. The number of carbonyl (C=O) groups is 3. The number of H-pyrrole nitrogens is 1. The predicted molar refractivity (Wildman–Crippen MR) is 120 cm³/mol. The Morgan fingerprint density at radius 1 is 1.22 bits per heavy atom. The summed E-state index contributed by atoms with van der Waals surface area (Å²) in [5.41, 5.74) is 0.825. The van der Waals surface area contributed by atoms with Crippen LogP contribution in [-0.4, -0.2) is 44.1 Å². The van der Waals surface area contributed by atoms with E-state index in [0.29, 0.717) is 27.3 Å². The average Bonchev–Trinajstić information content (AvgIpc) is 3.18. The molecule has 0 saturated carbocycles. The first-order valence-electron chi connectivity index (χ1n) is 9.43. The van der Waals surface area contributed by atoms with E-state index in [1.165, 1.54) is 6.07 Å². The van der Waals surface area contributed by atoms with Crippen LogP contribution in [-0.2, 0) is 16.1 Å². The highest BCUT2D eigenvalue weighted by Crippen LogP contribution is 2.27. The third kappa shape index (κ3) is 5.42. The molecule has 0 fully saturated rings. The summed E-state index contributed by atoms with van der Waals surface area (Å²) in [5, 5.41) is 24.5. The van der Waals surface area contributed by atoms with Crippen molar-refractivity contribution in [3.63, 3.8) is 0 Å². The third-order valence-electron chi connectivity index (χ3n) is 4.54. The molecule has 0 bridgehead atoms. The molecule has 2 heterocycles. The van der Waals surface area contributed by atoms with Gasteiger partial charge in [-0.05, 0) is 37.1 Å². The summed E-state index contributed by atoms with van der Waals surface area (Å²) in [4.78, 5) is 53.6. The first kappa shape index (κ1) is 23.2. The molecular formula is C20H19ClN4O6S. The van der Waals surface area contributed by atoms with E-state index < -0.39 is 23.9 Å². The van der Waals surface area contributed by atoms with E-state index in [-0.39, 0.29) is 34.8 Å². The van der Waals surface area contributed by atoms with Crippen molar-refractivity contribution in [3.8, 4) is 0 Å². The van der Waals surface area contributed by atoms with E-state index in [1.54, 1.807) is 25.1 Å². The number of aromatic amines is 1. The quantitative estimate of drug-likeness (QED) is 0.313. The van der Waals surface area contributed by atoms with Gasteiger partial charge in [0.15, 0.2) is 0 Å². The van der Waals surface area contributed by atoms with Crippen LogP contribution in [0.2, 0.25) is 5.02 Å². The number of anilines is 1. The zero-order chi connectivity index (χ0) is 23.4. The van der Waals surface area contributed by atoms with Gasteiger partial charge in [-0.3, -0.25) is 14.4 Å². The number of aryl methyl sites for hydroxylation is 1. The summed E-state index contributed by atoms with van der Waals surface area (Å²) in [7, 11) is 0. The smallest absolute Gasteiger partial charge is 0.326 e. The predicted octanol–water partition coefficient (Wildman–Crippen LogP) is 2.61. The van der Waals surface area contributed by atoms with Crippen molar-refractivity contribution in [2.24, 2.45) is 0 Å². The molecule has 0 spiro atoms. The molecule has 2 aromatic heterocycles. The molecule has 1 amide bonds. The van der Waals surface area contributed by atoms with Crippen molar-refractivity contribution in [1.29, 1.82) is 0 Å². The molecule has 12 heteroatoms. The molecule has 168 valence electrons. The number of aromatic nitrogens is 2. The molecule has 0 aliphatic rings. The van der Waals surface area contributed by atoms with Gasteiger partial charge in [-0.15, -0.1) is 11.3 Å². The summed E-state index contributed by atoms with van der Waals surface area (Å²) in [6.45, 7) is 1.96. The second kappa shape index (κ2) is 9.79. The average molecular weight is 479 g/mol. The minimum atomic E-state index is -1.31. The van der Waals surface area contributed by atoms with Crippen molar-refractivity contribution < 1.29 is 24.6 Å². The fourth-order valence-corrected chi connectivity index (χ4v) is 4.10. The molecule has 3 rings (SSSR count). The van der Waals surface area contributed by atoms with Crippen molar-refractivity contribution in [2.45, 2.75) is 32.4 Å². The number of hydrogen-bond acceptors (Lipinski definition) is 7. The summed E-state index contributed by atoms with van der Waals surface area (Å²) in [5.74, 6) is -2.58. The van der Waals surface area contributed by atoms with Crippen LogP contribution in [0.25, 0.3) is 10.9 Å². The number of amides is 1. The lowest BCUT2D eigenvalue weighted by molar-refractivity contribution is -0.140. The van der Waals surface area contributed by atoms with Gasteiger partial charge in [-0.1, -0.05) is 17.7 Å². The Kier molecular flexibility index (Phi) is 7.11. The van der Waals surface area contributed by atoms with Crippen molar-refractivity contribution in [1.82, 2.24) is 15.3 Å². The molecule has 0 aliphatic heterocycles. The number of hydrogen-bond donors (Lipinski definition) is 5. The van der Waals surface area contributed by atoms with Gasteiger partial charge in [0.05, 0.1) is 25.8 Å². The summed E-state index contributed by atoms with van der Waals surface area (Å²) in [6, 6.07) is 5.34. The minimum absolute atomic E-state index is 0.221. The van der Waals surface area contributed by atoms with Gasteiger partial charge < -0.3 is 25.8 Å². The van der Waals surface area contributed by atoms with Crippen molar-refractivity contribution in [2.75, 3.05) is 5.32 Å².